The minimum absolute atomic E-state index is 0.175. The van der Waals surface area contributed by atoms with Crippen LogP contribution in [0.1, 0.15) is 13.8 Å². The van der Waals surface area contributed by atoms with Crippen LogP contribution in [0.15, 0.2) is 22.5 Å². The molecule has 24 heavy (non-hydrogen) atoms. The van der Waals surface area contributed by atoms with E-state index in [1.54, 1.807) is 18.7 Å². The molecule has 2 aliphatic heterocycles. The molecule has 0 saturated carbocycles. The number of aliphatic imine (C=N–C) groups is 2. The van der Waals surface area contributed by atoms with Gasteiger partial charge in [-0.15, -0.1) is 0 Å². The van der Waals surface area contributed by atoms with E-state index in [9.17, 15) is 13.6 Å². The monoisotopic (exact) mass is 336 g/mol. The van der Waals surface area contributed by atoms with Crippen LogP contribution >= 0.6 is 0 Å². The zero-order valence-corrected chi connectivity index (χ0v) is 13.5. The summed E-state index contributed by atoms with van der Waals surface area (Å²) in [6.45, 7) is 5.54. The van der Waals surface area contributed by atoms with Crippen LogP contribution in [0.25, 0.3) is 0 Å². The SMILES string of the molecule is CC(C)C1=NC(N2CCN(c3ncncc3F)CC2)=NC(=O)C1F. The summed E-state index contributed by atoms with van der Waals surface area (Å²) in [6, 6.07) is 0. The van der Waals surface area contributed by atoms with Crippen molar-refractivity contribution in [2.24, 2.45) is 15.9 Å². The highest BCUT2D eigenvalue weighted by Crippen LogP contribution is 2.19. The average molecular weight is 336 g/mol. The number of carbonyl (C=O) groups excluding carboxylic acids is 1. The maximum Gasteiger partial charge on any atom is 0.289 e. The summed E-state index contributed by atoms with van der Waals surface area (Å²) in [5, 5.41) is 0. The molecule has 1 saturated heterocycles. The Balaban J connectivity index is 1.72. The van der Waals surface area contributed by atoms with E-state index in [0.717, 1.165) is 6.20 Å². The fourth-order valence-electron chi connectivity index (χ4n) is 2.70. The van der Waals surface area contributed by atoms with Gasteiger partial charge in [0.05, 0.1) is 11.9 Å². The van der Waals surface area contributed by atoms with Crippen LogP contribution in [0.4, 0.5) is 14.6 Å². The minimum Gasteiger partial charge on any atom is -0.351 e. The zero-order valence-electron chi connectivity index (χ0n) is 13.5. The quantitative estimate of drug-likeness (QED) is 0.808. The van der Waals surface area contributed by atoms with Crippen molar-refractivity contribution >= 4 is 23.4 Å². The molecule has 3 rings (SSSR count). The number of amides is 1. The number of halogens is 2. The second-order valence-corrected chi connectivity index (χ2v) is 5.97. The van der Waals surface area contributed by atoms with Gasteiger partial charge in [-0.05, 0) is 5.92 Å². The largest absolute Gasteiger partial charge is 0.351 e. The Morgan fingerprint density at radius 3 is 2.46 bits per heavy atom. The van der Waals surface area contributed by atoms with Crippen molar-refractivity contribution in [2.75, 3.05) is 31.1 Å². The molecule has 1 aromatic rings. The molecule has 0 N–H and O–H groups in total. The van der Waals surface area contributed by atoms with Gasteiger partial charge in [-0.3, -0.25) is 4.79 Å². The number of alkyl halides is 1. The van der Waals surface area contributed by atoms with Crippen molar-refractivity contribution in [1.29, 1.82) is 0 Å². The van der Waals surface area contributed by atoms with Crippen LogP contribution in [-0.4, -0.2) is 64.8 Å². The van der Waals surface area contributed by atoms with Gasteiger partial charge in [-0.25, -0.2) is 23.7 Å². The van der Waals surface area contributed by atoms with Gasteiger partial charge in [0.15, 0.2) is 11.6 Å². The Morgan fingerprint density at radius 1 is 1.17 bits per heavy atom. The molecule has 3 heterocycles. The Labute approximate surface area is 138 Å². The maximum absolute atomic E-state index is 13.9. The second kappa shape index (κ2) is 6.58. The number of guanidine groups is 1. The average Bonchev–Trinajstić information content (AvgIpc) is 2.57. The topological polar surface area (TPSA) is 74.1 Å². The molecule has 1 fully saturated rings. The number of hydrogen-bond acceptors (Lipinski definition) is 6. The highest BCUT2D eigenvalue weighted by atomic mass is 19.1. The lowest BCUT2D eigenvalue weighted by atomic mass is 10.0. The van der Waals surface area contributed by atoms with E-state index in [1.807, 2.05) is 4.90 Å². The van der Waals surface area contributed by atoms with E-state index in [-0.39, 0.29) is 23.4 Å². The van der Waals surface area contributed by atoms with E-state index < -0.39 is 17.9 Å². The Bertz CT molecular complexity index is 697. The Morgan fingerprint density at radius 2 is 1.83 bits per heavy atom. The van der Waals surface area contributed by atoms with Crippen LogP contribution in [-0.2, 0) is 4.79 Å². The maximum atomic E-state index is 13.9. The summed E-state index contributed by atoms with van der Waals surface area (Å²) in [5.41, 5.74) is 0.203. The van der Waals surface area contributed by atoms with Crippen LogP contribution in [0, 0.1) is 11.7 Å². The van der Waals surface area contributed by atoms with Gasteiger partial charge in [-0.1, -0.05) is 13.8 Å². The Hall–Kier alpha value is -2.45. The number of nitrogens with zero attached hydrogens (tertiary/aromatic N) is 6. The number of rotatable bonds is 2. The van der Waals surface area contributed by atoms with Crippen LogP contribution in [0.2, 0.25) is 0 Å². The minimum atomic E-state index is -1.76. The molecule has 128 valence electrons. The molecule has 0 aromatic carbocycles. The van der Waals surface area contributed by atoms with Gasteiger partial charge in [0.2, 0.25) is 12.1 Å². The summed E-state index contributed by atoms with van der Waals surface area (Å²) in [7, 11) is 0. The number of piperazine rings is 1. The van der Waals surface area contributed by atoms with E-state index in [4.69, 9.17) is 0 Å². The van der Waals surface area contributed by atoms with Crippen LogP contribution < -0.4 is 4.90 Å². The first kappa shape index (κ1) is 16.4. The standard InChI is InChI=1S/C15H18F2N6O/c1-9(2)12-11(17)14(24)21-15(20-12)23-5-3-22(4-6-23)13-10(16)7-18-8-19-13/h7-9,11H,3-6H2,1-2H3. The molecule has 0 radical (unpaired) electrons. The van der Waals surface area contributed by atoms with Crippen molar-refractivity contribution in [3.8, 4) is 0 Å². The summed E-state index contributed by atoms with van der Waals surface area (Å²) < 4.78 is 27.6. The Kier molecular flexibility index (Phi) is 4.50. The normalized spacial score (nSPS) is 21.9. The molecule has 9 heteroatoms. The zero-order chi connectivity index (χ0) is 17.3. The molecule has 0 bridgehead atoms. The third-order valence-corrected chi connectivity index (χ3v) is 4.02. The third-order valence-electron chi connectivity index (χ3n) is 4.02. The summed E-state index contributed by atoms with van der Waals surface area (Å²) in [6.07, 6.45) is 0.666. The highest BCUT2D eigenvalue weighted by Gasteiger charge is 2.33. The lowest BCUT2D eigenvalue weighted by Gasteiger charge is -2.36. The first-order valence-corrected chi connectivity index (χ1v) is 7.78. The summed E-state index contributed by atoms with van der Waals surface area (Å²) in [4.78, 5) is 30.9. The van der Waals surface area contributed by atoms with Crippen molar-refractivity contribution in [2.45, 2.75) is 20.0 Å². The predicted octanol–water partition coefficient (Wildman–Crippen LogP) is 1.07. The lowest BCUT2D eigenvalue weighted by molar-refractivity contribution is -0.120. The number of anilines is 1. The molecule has 0 aliphatic carbocycles. The molecule has 0 spiro atoms. The fraction of sp³-hybridized carbons (Fsp3) is 0.533. The second-order valence-electron chi connectivity index (χ2n) is 5.97. The summed E-state index contributed by atoms with van der Waals surface area (Å²) >= 11 is 0. The van der Waals surface area contributed by atoms with Crippen molar-refractivity contribution < 1.29 is 13.6 Å². The highest BCUT2D eigenvalue weighted by molar-refractivity contribution is 6.18. The van der Waals surface area contributed by atoms with Gasteiger partial charge in [0.1, 0.15) is 6.33 Å². The fourth-order valence-corrected chi connectivity index (χ4v) is 2.70. The van der Waals surface area contributed by atoms with Gasteiger partial charge in [0.25, 0.3) is 5.91 Å². The first-order valence-electron chi connectivity index (χ1n) is 7.78. The van der Waals surface area contributed by atoms with Gasteiger partial charge >= 0.3 is 0 Å². The molecule has 2 aliphatic rings. The predicted molar refractivity (Wildman–Crippen MR) is 85.4 cm³/mol. The lowest BCUT2D eigenvalue weighted by Crippen LogP contribution is -2.50. The smallest absolute Gasteiger partial charge is 0.289 e. The number of carbonyl (C=O) groups is 1. The molecular weight excluding hydrogens is 318 g/mol. The van der Waals surface area contributed by atoms with Crippen molar-refractivity contribution in [3.05, 3.63) is 18.3 Å². The molecule has 7 nitrogen and oxygen atoms in total. The van der Waals surface area contributed by atoms with Gasteiger partial charge < -0.3 is 9.80 Å². The number of hydrogen-bond donors (Lipinski definition) is 0. The van der Waals surface area contributed by atoms with Crippen LogP contribution in [0.5, 0.6) is 0 Å². The van der Waals surface area contributed by atoms with Crippen LogP contribution in [0.3, 0.4) is 0 Å². The number of aromatic nitrogens is 2. The third kappa shape index (κ3) is 3.10. The first-order chi connectivity index (χ1) is 11.5. The van der Waals surface area contributed by atoms with Crippen molar-refractivity contribution in [3.63, 3.8) is 0 Å². The molecular formula is C15H18F2N6O. The van der Waals surface area contributed by atoms with Crippen molar-refractivity contribution in [1.82, 2.24) is 14.9 Å². The van der Waals surface area contributed by atoms with E-state index in [0.29, 0.717) is 26.2 Å². The van der Waals surface area contributed by atoms with Gasteiger partial charge in [0, 0.05) is 26.2 Å². The van der Waals surface area contributed by atoms with E-state index in [1.165, 1.54) is 6.33 Å². The van der Waals surface area contributed by atoms with E-state index >= 15 is 0 Å². The molecule has 1 amide bonds. The summed E-state index contributed by atoms with van der Waals surface area (Å²) in [5.74, 6) is -0.975. The molecule has 1 atom stereocenters. The van der Waals surface area contributed by atoms with E-state index in [2.05, 4.69) is 20.0 Å². The molecule has 1 unspecified atom stereocenters. The molecule has 1 aromatic heterocycles. The van der Waals surface area contributed by atoms with Gasteiger partial charge in [-0.2, -0.15) is 4.99 Å².